The van der Waals surface area contributed by atoms with Gasteiger partial charge in [-0.25, -0.2) is 13.4 Å². The van der Waals surface area contributed by atoms with Gasteiger partial charge in [0.15, 0.2) is 15.7 Å². The first-order valence-electron chi connectivity index (χ1n) is 12.5. The maximum absolute atomic E-state index is 12.9. The molecule has 0 spiro atoms. The normalized spacial score (nSPS) is 15.2. The fourth-order valence-corrected chi connectivity index (χ4v) is 5.46. The second-order valence-electron chi connectivity index (χ2n) is 9.84. The lowest BCUT2D eigenvalue weighted by molar-refractivity contribution is -0.120. The van der Waals surface area contributed by atoms with Crippen molar-refractivity contribution in [3.05, 3.63) is 77.2 Å². The van der Waals surface area contributed by atoms with E-state index in [4.69, 9.17) is 11.6 Å². The van der Waals surface area contributed by atoms with Crippen LogP contribution >= 0.6 is 11.6 Å². The molecule has 1 saturated heterocycles. The number of hydrogen-bond donors (Lipinski definition) is 1. The zero-order chi connectivity index (χ0) is 27.3. The SMILES string of the molecule is CC(CC(=O)CC1CCN(c2ncc(S(C)(=O)=O)cc2NC(=O)c2cccc(Cl)c2)CC1)c1cccnc1. The number of ketones is 1. The molecule has 200 valence electrons. The molecule has 0 aliphatic carbocycles. The quantitative estimate of drug-likeness (QED) is 0.389. The molecule has 1 aromatic carbocycles. The van der Waals surface area contributed by atoms with Crippen LogP contribution in [0.2, 0.25) is 5.02 Å². The van der Waals surface area contributed by atoms with E-state index < -0.39 is 15.7 Å². The van der Waals surface area contributed by atoms with Crippen LogP contribution in [0, 0.1) is 5.92 Å². The molecule has 0 bridgehead atoms. The number of hydrogen-bond acceptors (Lipinski definition) is 7. The van der Waals surface area contributed by atoms with E-state index in [2.05, 4.69) is 15.3 Å². The van der Waals surface area contributed by atoms with E-state index in [1.54, 1.807) is 36.7 Å². The maximum Gasteiger partial charge on any atom is 0.255 e. The molecule has 1 atom stereocenters. The molecule has 8 nitrogen and oxygen atoms in total. The first kappa shape index (κ1) is 27.7. The van der Waals surface area contributed by atoms with Gasteiger partial charge in [-0.3, -0.25) is 14.6 Å². The van der Waals surface area contributed by atoms with Crippen molar-refractivity contribution in [3.8, 4) is 0 Å². The van der Waals surface area contributed by atoms with E-state index in [-0.39, 0.29) is 22.5 Å². The zero-order valence-electron chi connectivity index (χ0n) is 21.4. The van der Waals surface area contributed by atoms with Gasteiger partial charge >= 0.3 is 0 Å². The van der Waals surface area contributed by atoms with E-state index in [9.17, 15) is 18.0 Å². The minimum absolute atomic E-state index is 0.0193. The summed E-state index contributed by atoms with van der Waals surface area (Å²) in [6, 6.07) is 11.8. The van der Waals surface area contributed by atoms with E-state index in [1.165, 1.54) is 12.3 Å². The third kappa shape index (κ3) is 7.17. The summed E-state index contributed by atoms with van der Waals surface area (Å²) in [5.74, 6) is 0.719. The number of sulfone groups is 1. The molecule has 0 saturated carbocycles. The van der Waals surface area contributed by atoms with Crippen LogP contribution in [0.5, 0.6) is 0 Å². The number of carbonyl (C=O) groups is 2. The highest BCUT2D eigenvalue weighted by Crippen LogP contribution is 2.32. The number of Topliss-reactive ketones (excluding diaryl/α,β-unsaturated/α-hetero) is 1. The standard InChI is InChI=1S/C28H31ClN4O4S/c1-19(22-6-4-10-30-17-22)13-24(34)14-20-8-11-33(12-9-20)27-26(16-25(18-31-27)38(2,36)37)32-28(35)21-5-3-7-23(29)15-21/h3-7,10,15-20H,8-9,11-14H2,1-2H3,(H,32,35). The van der Waals surface area contributed by atoms with Crippen LogP contribution in [0.15, 0.2) is 66.0 Å². The van der Waals surface area contributed by atoms with Gasteiger partial charge in [0, 0.05) is 61.4 Å². The third-order valence-corrected chi connectivity index (χ3v) is 8.14. The van der Waals surface area contributed by atoms with Crippen molar-refractivity contribution in [2.24, 2.45) is 5.92 Å². The molecule has 1 fully saturated rings. The number of nitrogens with one attached hydrogen (secondary N) is 1. The van der Waals surface area contributed by atoms with E-state index in [1.807, 2.05) is 24.0 Å². The number of rotatable bonds is 9. The average Bonchev–Trinajstić information content (AvgIpc) is 2.89. The summed E-state index contributed by atoms with van der Waals surface area (Å²) < 4.78 is 24.3. The number of amides is 1. The number of carbonyl (C=O) groups excluding carboxylic acids is 2. The van der Waals surface area contributed by atoms with Gasteiger partial charge in [0.05, 0.1) is 10.6 Å². The highest BCUT2D eigenvalue weighted by atomic mass is 35.5. The van der Waals surface area contributed by atoms with Crippen LogP contribution in [0.1, 0.15) is 54.4 Å². The first-order chi connectivity index (χ1) is 18.1. The molecule has 1 aliphatic heterocycles. The summed E-state index contributed by atoms with van der Waals surface area (Å²) in [6.07, 6.45) is 8.55. The van der Waals surface area contributed by atoms with Gasteiger partial charge in [-0.2, -0.15) is 0 Å². The van der Waals surface area contributed by atoms with E-state index in [0.29, 0.717) is 48.0 Å². The predicted molar refractivity (Wildman–Crippen MR) is 149 cm³/mol. The first-order valence-corrected chi connectivity index (χ1v) is 14.8. The number of nitrogens with zero attached hydrogens (tertiary/aromatic N) is 3. The van der Waals surface area contributed by atoms with Crippen LogP contribution in [0.4, 0.5) is 11.5 Å². The Morgan fingerprint density at radius 3 is 2.55 bits per heavy atom. The van der Waals surface area contributed by atoms with Gasteiger partial charge in [-0.1, -0.05) is 30.7 Å². The minimum Gasteiger partial charge on any atom is -0.355 e. The van der Waals surface area contributed by atoms with Crippen LogP contribution in [0.3, 0.4) is 0 Å². The number of piperidine rings is 1. The summed E-state index contributed by atoms with van der Waals surface area (Å²) in [5, 5.41) is 3.24. The monoisotopic (exact) mass is 554 g/mol. The second-order valence-corrected chi connectivity index (χ2v) is 12.3. The predicted octanol–water partition coefficient (Wildman–Crippen LogP) is 5.16. The Morgan fingerprint density at radius 1 is 1.13 bits per heavy atom. The topological polar surface area (TPSA) is 109 Å². The van der Waals surface area contributed by atoms with Gasteiger partial charge in [0.2, 0.25) is 0 Å². The molecule has 38 heavy (non-hydrogen) atoms. The molecule has 3 heterocycles. The van der Waals surface area contributed by atoms with Crippen molar-refractivity contribution < 1.29 is 18.0 Å². The Balaban J connectivity index is 1.43. The van der Waals surface area contributed by atoms with E-state index >= 15 is 0 Å². The van der Waals surface area contributed by atoms with Crippen molar-refractivity contribution in [2.45, 2.75) is 43.4 Å². The minimum atomic E-state index is -3.53. The van der Waals surface area contributed by atoms with E-state index in [0.717, 1.165) is 24.7 Å². The van der Waals surface area contributed by atoms with Crippen molar-refractivity contribution in [2.75, 3.05) is 29.6 Å². The fourth-order valence-electron chi connectivity index (χ4n) is 4.69. The number of halogens is 1. The number of aromatic nitrogens is 2. The highest BCUT2D eigenvalue weighted by molar-refractivity contribution is 7.90. The lowest BCUT2D eigenvalue weighted by atomic mass is 9.88. The van der Waals surface area contributed by atoms with Crippen molar-refractivity contribution in [1.82, 2.24) is 9.97 Å². The summed E-state index contributed by atoms with van der Waals surface area (Å²) in [4.78, 5) is 36.3. The average molecular weight is 555 g/mol. The lowest BCUT2D eigenvalue weighted by Gasteiger charge is -2.33. The molecule has 10 heteroatoms. The maximum atomic E-state index is 12.9. The molecular formula is C28H31ClN4O4S. The number of anilines is 2. The molecule has 2 aromatic heterocycles. The van der Waals surface area contributed by atoms with Gasteiger partial charge in [-0.05, 0) is 60.6 Å². The largest absolute Gasteiger partial charge is 0.355 e. The lowest BCUT2D eigenvalue weighted by Crippen LogP contribution is -2.35. The molecule has 1 N–H and O–H groups in total. The third-order valence-electron chi connectivity index (χ3n) is 6.82. The Morgan fingerprint density at radius 2 is 1.89 bits per heavy atom. The van der Waals surface area contributed by atoms with Gasteiger partial charge in [-0.15, -0.1) is 0 Å². The Labute approximate surface area is 228 Å². The zero-order valence-corrected chi connectivity index (χ0v) is 23.0. The van der Waals surface area contributed by atoms with Gasteiger partial charge in [0.25, 0.3) is 5.91 Å². The second kappa shape index (κ2) is 12.0. The fraction of sp³-hybridized carbons (Fsp3) is 0.357. The highest BCUT2D eigenvalue weighted by Gasteiger charge is 2.26. The van der Waals surface area contributed by atoms with Crippen LogP contribution in [-0.2, 0) is 14.6 Å². The van der Waals surface area contributed by atoms with Gasteiger partial charge < -0.3 is 10.2 Å². The summed E-state index contributed by atoms with van der Waals surface area (Å²) in [5.41, 5.74) is 1.73. The molecule has 1 amide bonds. The van der Waals surface area contributed by atoms with Crippen molar-refractivity contribution >= 4 is 44.6 Å². The smallest absolute Gasteiger partial charge is 0.255 e. The van der Waals surface area contributed by atoms with Crippen LogP contribution in [0.25, 0.3) is 0 Å². The summed E-state index contributed by atoms with van der Waals surface area (Å²) in [7, 11) is -3.53. The van der Waals surface area contributed by atoms with Crippen LogP contribution in [-0.4, -0.2) is 49.4 Å². The Hall–Kier alpha value is -3.30. The van der Waals surface area contributed by atoms with Crippen molar-refractivity contribution in [3.63, 3.8) is 0 Å². The molecule has 3 aromatic rings. The molecule has 0 radical (unpaired) electrons. The summed E-state index contributed by atoms with van der Waals surface area (Å²) >= 11 is 6.03. The van der Waals surface area contributed by atoms with Gasteiger partial charge in [0.1, 0.15) is 5.78 Å². The van der Waals surface area contributed by atoms with Crippen molar-refractivity contribution in [1.29, 1.82) is 0 Å². The molecular weight excluding hydrogens is 524 g/mol. The number of pyridine rings is 2. The van der Waals surface area contributed by atoms with Crippen LogP contribution < -0.4 is 10.2 Å². The number of benzene rings is 1. The summed E-state index contributed by atoms with van der Waals surface area (Å²) in [6.45, 7) is 3.32. The molecule has 4 rings (SSSR count). The molecule has 1 aliphatic rings. The molecule has 1 unspecified atom stereocenters. The Kier molecular flexibility index (Phi) is 8.79. The Bertz CT molecular complexity index is 1410.